The Bertz CT molecular complexity index is 92.4. The molecule has 0 fully saturated rings. The smallest absolute Gasteiger partial charge is 0.759 e. The molecular weight excluding hydrogens is 219 g/mol. The minimum absolute atomic E-state index is 0. The fraction of sp³-hybridized carbons (Fsp3) is 0. The van der Waals surface area contributed by atoms with Crippen molar-refractivity contribution in [3.8, 4) is 0 Å². The molecule has 71 valence electrons. The number of hydrogen-bond donors (Lipinski definition) is 0. The average molecular weight is 227 g/mol. The van der Waals surface area contributed by atoms with E-state index in [1.807, 2.05) is 0 Å². The van der Waals surface area contributed by atoms with Crippen molar-refractivity contribution in [2.24, 2.45) is 0 Å². The molecule has 0 rings (SSSR count). The molecule has 0 unspecified atom stereocenters. The Labute approximate surface area is 67.2 Å². The molecule has 0 heterocycles. The van der Waals surface area contributed by atoms with Gasteiger partial charge in [0.25, 0.3) is 0 Å². The number of hydrogen-bond acceptors (Lipinski definition) is 4. The van der Waals surface area contributed by atoms with Crippen molar-refractivity contribution in [3.63, 3.8) is 0 Å². The van der Waals surface area contributed by atoms with Crippen LogP contribution < -0.4 is 0 Å². The van der Waals surface area contributed by atoms with Crippen LogP contribution in [0, 0.1) is 0 Å². The third kappa shape index (κ3) is 9130. The topological polar surface area (TPSA) is 206 Å². The largest absolute Gasteiger partial charge is 2.00 e. The summed E-state index contributed by atoms with van der Waals surface area (Å²) in [5.41, 5.74) is 0. The quantitative estimate of drug-likeness (QED) is 0.295. The predicted molar refractivity (Wildman–Crippen MR) is 24.9 cm³/mol. The zero-order valence-electron chi connectivity index (χ0n) is 4.37. The van der Waals surface area contributed by atoms with E-state index in [4.69, 9.17) is 17.5 Å². The molecule has 0 aromatic heterocycles. The van der Waals surface area contributed by atoms with Gasteiger partial charge in [0, 0.05) is 10.4 Å². The second-order valence-electron chi connectivity index (χ2n) is 0.408. The van der Waals surface area contributed by atoms with Crippen LogP contribution in [0.15, 0.2) is 0 Å². The van der Waals surface area contributed by atoms with E-state index >= 15 is 0 Å². The minimum Gasteiger partial charge on any atom is -0.759 e. The first-order valence-electron chi connectivity index (χ1n) is 0.667. The van der Waals surface area contributed by atoms with Crippen LogP contribution in [0.4, 0.5) is 0 Å². The standard InChI is InChI=1S/Co.H2O4S.4H2O/c;1-5(2,3)4;;;;/h;(H2,1,2,3,4);4*1H2/q+2;;;;;/p-2. The van der Waals surface area contributed by atoms with E-state index < -0.39 is 10.4 Å². The van der Waals surface area contributed by atoms with Crippen molar-refractivity contribution >= 4 is 10.4 Å². The van der Waals surface area contributed by atoms with Crippen molar-refractivity contribution < 1.29 is 56.2 Å². The maximum atomic E-state index is 8.52. The maximum Gasteiger partial charge on any atom is 2.00 e. The summed E-state index contributed by atoms with van der Waals surface area (Å²) < 4.78 is 34.1. The molecule has 0 aliphatic heterocycles. The van der Waals surface area contributed by atoms with E-state index in [-0.39, 0.29) is 38.7 Å². The summed E-state index contributed by atoms with van der Waals surface area (Å²) in [5, 5.41) is 0. The first-order valence-corrected chi connectivity index (χ1v) is 2.00. The van der Waals surface area contributed by atoms with Crippen molar-refractivity contribution in [3.05, 3.63) is 0 Å². The summed E-state index contributed by atoms with van der Waals surface area (Å²) in [6, 6.07) is 0. The zero-order valence-corrected chi connectivity index (χ0v) is 6.23. The first-order chi connectivity index (χ1) is 2.00. The van der Waals surface area contributed by atoms with Crippen LogP contribution in [0.5, 0.6) is 0 Å². The molecule has 0 aliphatic rings. The zero-order chi connectivity index (χ0) is 4.50. The fourth-order valence-electron chi connectivity index (χ4n) is 0. The molecular formula is H8CoO8S. The van der Waals surface area contributed by atoms with Gasteiger partial charge >= 0.3 is 16.8 Å². The van der Waals surface area contributed by atoms with Gasteiger partial charge < -0.3 is 31.0 Å². The van der Waals surface area contributed by atoms with Gasteiger partial charge in [-0.3, -0.25) is 8.42 Å². The maximum absolute atomic E-state index is 8.52. The van der Waals surface area contributed by atoms with Gasteiger partial charge in [0.1, 0.15) is 0 Å². The van der Waals surface area contributed by atoms with Crippen LogP contribution in [0.3, 0.4) is 0 Å². The minimum atomic E-state index is -5.17. The summed E-state index contributed by atoms with van der Waals surface area (Å²) >= 11 is 0. The summed E-state index contributed by atoms with van der Waals surface area (Å²) in [6.45, 7) is 0. The van der Waals surface area contributed by atoms with E-state index in [0.717, 1.165) is 0 Å². The van der Waals surface area contributed by atoms with Crippen molar-refractivity contribution in [2.45, 2.75) is 0 Å². The molecule has 0 atom stereocenters. The van der Waals surface area contributed by atoms with Gasteiger partial charge in [0.2, 0.25) is 0 Å². The Balaban J connectivity index is -0.00000000800. The third-order valence-corrected chi connectivity index (χ3v) is 0. The van der Waals surface area contributed by atoms with Gasteiger partial charge in [-0.15, -0.1) is 0 Å². The molecule has 0 saturated heterocycles. The molecule has 0 spiro atoms. The molecule has 0 bridgehead atoms. The molecule has 0 saturated carbocycles. The van der Waals surface area contributed by atoms with E-state index in [1.165, 1.54) is 0 Å². The summed E-state index contributed by atoms with van der Waals surface area (Å²) in [6.07, 6.45) is 0. The van der Waals surface area contributed by atoms with Gasteiger partial charge in [0.15, 0.2) is 0 Å². The van der Waals surface area contributed by atoms with Gasteiger partial charge in [-0.1, -0.05) is 0 Å². The average Bonchev–Trinajstić information content (AvgIpc) is 0.722. The monoisotopic (exact) mass is 227 g/mol. The van der Waals surface area contributed by atoms with E-state index in [2.05, 4.69) is 0 Å². The van der Waals surface area contributed by atoms with E-state index in [1.54, 1.807) is 0 Å². The van der Waals surface area contributed by atoms with Crippen LogP contribution >= 0.6 is 0 Å². The molecule has 10 heavy (non-hydrogen) atoms. The fourth-order valence-corrected chi connectivity index (χ4v) is 0. The molecule has 0 amide bonds. The molecule has 0 aromatic rings. The molecule has 0 aliphatic carbocycles. The molecule has 1 radical (unpaired) electrons. The Kier molecular flexibility index (Phi) is 78.6. The normalized spacial score (nSPS) is 5.80. The Hall–Kier alpha value is 0.216. The van der Waals surface area contributed by atoms with Crippen LogP contribution in [0.2, 0.25) is 0 Å². The summed E-state index contributed by atoms with van der Waals surface area (Å²) in [4.78, 5) is 0. The van der Waals surface area contributed by atoms with Crippen LogP contribution in [-0.4, -0.2) is 39.4 Å². The van der Waals surface area contributed by atoms with E-state index in [9.17, 15) is 0 Å². The van der Waals surface area contributed by atoms with Gasteiger partial charge in [-0.2, -0.15) is 0 Å². The second kappa shape index (κ2) is 16.1. The SMILES string of the molecule is O.O.O.O.O=S(=O)([O-])[O-].[Co+2]. The first kappa shape index (κ1) is 48.8. The van der Waals surface area contributed by atoms with Crippen molar-refractivity contribution in [1.82, 2.24) is 0 Å². The Morgan fingerprint density at radius 2 is 0.800 bits per heavy atom. The molecule has 8 nitrogen and oxygen atoms in total. The van der Waals surface area contributed by atoms with Crippen LogP contribution in [0.25, 0.3) is 0 Å². The van der Waals surface area contributed by atoms with E-state index in [0.29, 0.717) is 0 Å². The van der Waals surface area contributed by atoms with Gasteiger partial charge in [-0.05, 0) is 0 Å². The van der Waals surface area contributed by atoms with Gasteiger partial charge in [-0.25, -0.2) is 0 Å². The van der Waals surface area contributed by atoms with Crippen molar-refractivity contribution in [1.29, 1.82) is 0 Å². The molecule has 8 N–H and O–H groups in total. The summed E-state index contributed by atoms with van der Waals surface area (Å²) in [5.74, 6) is 0. The Morgan fingerprint density at radius 3 is 0.800 bits per heavy atom. The van der Waals surface area contributed by atoms with Crippen LogP contribution in [0.1, 0.15) is 0 Å². The second-order valence-corrected chi connectivity index (χ2v) is 1.22. The Morgan fingerprint density at radius 1 is 0.800 bits per heavy atom. The van der Waals surface area contributed by atoms with Gasteiger partial charge in [0.05, 0.1) is 0 Å². The summed E-state index contributed by atoms with van der Waals surface area (Å²) in [7, 11) is -5.17. The van der Waals surface area contributed by atoms with Crippen molar-refractivity contribution in [2.75, 3.05) is 0 Å². The third-order valence-electron chi connectivity index (χ3n) is 0. The van der Waals surface area contributed by atoms with Crippen LogP contribution in [-0.2, 0) is 27.2 Å². The molecule has 0 aromatic carbocycles. The molecule has 10 heteroatoms. The predicted octanol–water partition coefficient (Wildman–Crippen LogP) is -4.64. The number of rotatable bonds is 0.